The Morgan fingerprint density at radius 2 is 1.76 bits per heavy atom. The van der Waals surface area contributed by atoms with E-state index in [-0.39, 0.29) is 0 Å². The lowest BCUT2D eigenvalue weighted by atomic mass is 10.1. The Bertz CT molecular complexity index is 887. The van der Waals surface area contributed by atoms with Crippen LogP contribution in [0, 0.1) is 20.8 Å². The van der Waals surface area contributed by atoms with E-state index >= 15 is 0 Å². The Morgan fingerprint density at radius 1 is 1.04 bits per heavy atom. The molecule has 1 aromatic heterocycles. The van der Waals surface area contributed by atoms with Crippen molar-refractivity contribution in [1.82, 2.24) is 15.5 Å². The van der Waals surface area contributed by atoms with Crippen molar-refractivity contribution in [3.63, 3.8) is 0 Å². The second-order valence-electron chi connectivity index (χ2n) is 6.00. The van der Waals surface area contributed by atoms with Gasteiger partial charge in [-0.25, -0.2) is 0 Å². The monoisotopic (exact) mass is 352 g/mol. The fraction of sp³-hybridized carbons (Fsp3) is 0.211. The van der Waals surface area contributed by atoms with Crippen molar-refractivity contribution >= 4 is 23.0 Å². The van der Waals surface area contributed by atoms with Gasteiger partial charge >= 0.3 is 0 Å². The van der Waals surface area contributed by atoms with E-state index in [1.165, 1.54) is 11.1 Å². The molecule has 0 atom stereocenters. The molecule has 25 heavy (non-hydrogen) atoms. The van der Waals surface area contributed by atoms with Gasteiger partial charge in [0.05, 0.1) is 6.54 Å². The third-order valence-corrected chi connectivity index (χ3v) is 4.05. The molecule has 5 nitrogen and oxygen atoms in total. The molecule has 0 saturated carbocycles. The van der Waals surface area contributed by atoms with Gasteiger partial charge in [-0.3, -0.25) is 0 Å². The average Bonchev–Trinajstić information content (AvgIpc) is 3.05. The Balaban J connectivity index is 1.58. The van der Waals surface area contributed by atoms with Crippen LogP contribution in [0.2, 0.25) is 0 Å². The van der Waals surface area contributed by atoms with E-state index in [9.17, 15) is 0 Å². The molecule has 0 bridgehead atoms. The molecule has 128 valence electrons. The summed E-state index contributed by atoms with van der Waals surface area (Å²) in [6.07, 6.45) is 0. The lowest BCUT2D eigenvalue weighted by Crippen LogP contribution is -2.28. The summed E-state index contributed by atoms with van der Waals surface area (Å²) in [7, 11) is 0. The quantitative estimate of drug-likeness (QED) is 0.688. The van der Waals surface area contributed by atoms with E-state index < -0.39 is 0 Å². The van der Waals surface area contributed by atoms with Gasteiger partial charge in [-0.05, 0) is 44.6 Å². The van der Waals surface area contributed by atoms with Crippen molar-refractivity contribution in [3.8, 4) is 11.4 Å². The summed E-state index contributed by atoms with van der Waals surface area (Å²) in [5.74, 6) is 1.06. The SMILES string of the molecule is Cc1ccc(-c2noc(CNC(=S)Nc3ccc(C)cc3C)n2)cc1. The van der Waals surface area contributed by atoms with E-state index in [1.807, 2.05) is 50.2 Å². The second kappa shape index (κ2) is 7.44. The summed E-state index contributed by atoms with van der Waals surface area (Å²) < 4.78 is 5.28. The normalized spacial score (nSPS) is 10.5. The van der Waals surface area contributed by atoms with Crippen LogP contribution in [-0.4, -0.2) is 15.3 Å². The molecule has 0 saturated heterocycles. The van der Waals surface area contributed by atoms with Gasteiger partial charge in [0.25, 0.3) is 0 Å². The topological polar surface area (TPSA) is 63.0 Å². The molecule has 0 fully saturated rings. The average molecular weight is 352 g/mol. The summed E-state index contributed by atoms with van der Waals surface area (Å²) in [6.45, 7) is 6.52. The standard InChI is InChI=1S/C19H20N4OS/c1-12-4-7-15(8-5-12)18-22-17(24-23-18)11-20-19(25)21-16-9-6-13(2)10-14(16)3/h4-10H,11H2,1-3H3,(H2,20,21,25). The molecule has 2 N–H and O–H groups in total. The van der Waals surface area contributed by atoms with Gasteiger partial charge in [0.1, 0.15) is 0 Å². The maximum absolute atomic E-state index is 5.33. The summed E-state index contributed by atoms with van der Waals surface area (Å²) in [5, 5.41) is 10.8. The van der Waals surface area contributed by atoms with Crippen molar-refractivity contribution in [2.45, 2.75) is 27.3 Å². The number of nitrogens with zero attached hydrogens (tertiary/aromatic N) is 2. The first kappa shape index (κ1) is 17.1. The highest BCUT2D eigenvalue weighted by Crippen LogP contribution is 2.17. The summed E-state index contributed by atoms with van der Waals surface area (Å²) >= 11 is 5.33. The Hall–Kier alpha value is -2.73. The van der Waals surface area contributed by atoms with Crippen LogP contribution in [0.3, 0.4) is 0 Å². The number of nitrogens with one attached hydrogen (secondary N) is 2. The van der Waals surface area contributed by atoms with Crippen LogP contribution in [-0.2, 0) is 6.54 Å². The third-order valence-electron chi connectivity index (χ3n) is 3.81. The fourth-order valence-electron chi connectivity index (χ4n) is 2.42. The Morgan fingerprint density at radius 3 is 2.48 bits per heavy atom. The summed E-state index contributed by atoms with van der Waals surface area (Å²) in [6, 6.07) is 14.2. The van der Waals surface area contributed by atoms with Crippen LogP contribution in [0.15, 0.2) is 47.0 Å². The first-order valence-electron chi connectivity index (χ1n) is 8.03. The lowest BCUT2D eigenvalue weighted by Gasteiger charge is -2.11. The van der Waals surface area contributed by atoms with Gasteiger partial charge in [0.2, 0.25) is 11.7 Å². The number of hydrogen-bond acceptors (Lipinski definition) is 4. The Kier molecular flexibility index (Phi) is 5.09. The van der Waals surface area contributed by atoms with Gasteiger partial charge < -0.3 is 15.2 Å². The number of benzene rings is 2. The van der Waals surface area contributed by atoms with Gasteiger partial charge in [0, 0.05) is 11.3 Å². The molecule has 0 aliphatic carbocycles. The zero-order valence-electron chi connectivity index (χ0n) is 14.5. The number of hydrogen-bond donors (Lipinski definition) is 2. The molecule has 3 rings (SSSR count). The molecule has 0 aliphatic rings. The van der Waals surface area contributed by atoms with Crippen LogP contribution in [0.5, 0.6) is 0 Å². The maximum Gasteiger partial charge on any atom is 0.246 e. The van der Waals surface area contributed by atoms with Gasteiger partial charge in [-0.1, -0.05) is 52.7 Å². The molecule has 2 aromatic carbocycles. The molecule has 0 amide bonds. The molecule has 0 radical (unpaired) electrons. The largest absolute Gasteiger partial charge is 0.353 e. The van der Waals surface area contributed by atoms with Crippen molar-refractivity contribution < 1.29 is 4.52 Å². The van der Waals surface area contributed by atoms with Gasteiger partial charge in [0.15, 0.2) is 5.11 Å². The van der Waals surface area contributed by atoms with Gasteiger partial charge in [-0.2, -0.15) is 4.98 Å². The van der Waals surface area contributed by atoms with E-state index in [0.29, 0.717) is 23.4 Å². The van der Waals surface area contributed by atoms with Crippen LogP contribution >= 0.6 is 12.2 Å². The second-order valence-corrected chi connectivity index (χ2v) is 6.41. The predicted octanol–water partition coefficient (Wildman–Crippen LogP) is 4.15. The Labute approximate surface area is 152 Å². The number of anilines is 1. The molecule has 0 unspecified atom stereocenters. The fourth-order valence-corrected chi connectivity index (χ4v) is 2.60. The van der Waals surface area contributed by atoms with Crippen molar-refractivity contribution in [3.05, 3.63) is 65.0 Å². The zero-order chi connectivity index (χ0) is 17.8. The van der Waals surface area contributed by atoms with E-state index in [4.69, 9.17) is 16.7 Å². The zero-order valence-corrected chi connectivity index (χ0v) is 15.3. The molecule has 6 heteroatoms. The van der Waals surface area contributed by atoms with Crippen LogP contribution in [0.25, 0.3) is 11.4 Å². The highest BCUT2D eigenvalue weighted by atomic mass is 32.1. The smallest absolute Gasteiger partial charge is 0.246 e. The van der Waals surface area contributed by atoms with Crippen molar-refractivity contribution in [2.75, 3.05) is 5.32 Å². The summed E-state index contributed by atoms with van der Waals surface area (Å²) in [4.78, 5) is 4.39. The number of aromatic nitrogens is 2. The number of aryl methyl sites for hydroxylation is 3. The van der Waals surface area contributed by atoms with Crippen molar-refractivity contribution in [2.24, 2.45) is 0 Å². The molecule has 1 heterocycles. The van der Waals surface area contributed by atoms with Crippen LogP contribution < -0.4 is 10.6 Å². The predicted molar refractivity (Wildman–Crippen MR) is 103 cm³/mol. The number of rotatable bonds is 4. The van der Waals surface area contributed by atoms with E-state index in [0.717, 1.165) is 16.8 Å². The van der Waals surface area contributed by atoms with Gasteiger partial charge in [-0.15, -0.1) is 0 Å². The first-order chi connectivity index (χ1) is 12.0. The van der Waals surface area contributed by atoms with Crippen LogP contribution in [0.1, 0.15) is 22.6 Å². The molecular weight excluding hydrogens is 332 g/mol. The molecule has 3 aromatic rings. The minimum Gasteiger partial charge on any atom is -0.353 e. The minimum absolute atomic E-state index is 0.371. The highest BCUT2D eigenvalue weighted by molar-refractivity contribution is 7.80. The van der Waals surface area contributed by atoms with E-state index in [2.05, 4.69) is 33.8 Å². The number of thiocarbonyl (C=S) groups is 1. The van der Waals surface area contributed by atoms with E-state index in [1.54, 1.807) is 0 Å². The highest BCUT2D eigenvalue weighted by Gasteiger charge is 2.09. The molecular formula is C19H20N4OS. The van der Waals surface area contributed by atoms with Crippen molar-refractivity contribution in [1.29, 1.82) is 0 Å². The lowest BCUT2D eigenvalue weighted by molar-refractivity contribution is 0.376. The third kappa shape index (κ3) is 4.42. The van der Waals surface area contributed by atoms with Crippen LogP contribution in [0.4, 0.5) is 5.69 Å². The minimum atomic E-state index is 0.371. The maximum atomic E-state index is 5.33. The summed E-state index contributed by atoms with van der Waals surface area (Å²) in [5.41, 5.74) is 5.46. The first-order valence-corrected chi connectivity index (χ1v) is 8.44. The molecule has 0 spiro atoms. The molecule has 0 aliphatic heterocycles.